The predicted molar refractivity (Wildman–Crippen MR) is 90.8 cm³/mol. The predicted octanol–water partition coefficient (Wildman–Crippen LogP) is 4.56. The summed E-state index contributed by atoms with van der Waals surface area (Å²) in [6.07, 6.45) is 12.3. The highest BCUT2D eigenvalue weighted by Crippen LogP contribution is 2.62. The minimum absolute atomic E-state index is 0.0735. The van der Waals surface area contributed by atoms with Crippen molar-refractivity contribution in [3.05, 3.63) is 34.9 Å². The Hall–Kier alpha value is -1.44. The van der Waals surface area contributed by atoms with E-state index < -0.39 is 0 Å². The van der Waals surface area contributed by atoms with Crippen molar-refractivity contribution in [3.63, 3.8) is 0 Å². The van der Waals surface area contributed by atoms with Crippen LogP contribution in [0.2, 0.25) is 0 Å². The lowest BCUT2D eigenvalue weighted by molar-refractivity contribution is -0.123. The monoisotopic (exact) mass is 310 g/mol. The van der Waals surface area contributed by atoms with Gasteiger partial charge in [0.15, 0.2) is 5.78 Å². The van der Waals surface area contributed by atoms with Gasteiger partial charge in [-0.2, -0.15) is 0 Å². The van der Waals surface area contributed by atoms with E-state index in [0.29, 0.717) is 18.1 Å². The first kappa shape index (κ1) is 15.1. The Morgan fingerprint density at radius 1 is 1.09 bits per heavy atom. The number of carbonyl (C=O) groups excluding carboxylic acids is 2. The zero-order valence-electron chi connectivity index (χ0n) is 14.4. The first-order chi connectivity index (χ1) is 10.9. The molecule has 0 spiro atoms. The fraction of sp³-hybridized carbons (Fsp3) is 0.619. The molecule has 0 aromatic heterocycles. The Morgan fingerprint density at radius 2 is 1.87 bits per heavy atom. The van der Waals surface area contributed by atoms with Crippen molar-refractivity contribution in [2.75, 3.05) is 0 Å². The second kappa shape index (κ2) is 4.78. The van der Waals surface area contributed by atoms with E-state index in [1.54, 1.807) is 12.5 Å². The summed E-state index contributed by atoms with van der Waals surface area (Å²) in [4.78, 5) is 23.9. The topological polar surface area (TPSA) is 34.1 Å². The first-order valence-electron chi connectivity index (χ1n) is 9.03. The third-order valence-electron chi connectivity index (χ3n) is 7.39. The number of hydrogen-bond donors (Lipinski definition) is 0. The summed E-state index contributed by atoms with van der Waals surface area (Å²) in [7, 11) is 0. The zero-order valence-corrected chi connectivity index (χ0v) is 14.4. The molecule has 4 atom stereocenters. The third kappa shape index (κ3) is 1.93. The van der Waals surface area contributed by atoms with Crippen LogP contribution >= 0.6 is 0 Å². The Morgan fingerprint density at radius 3 is 2.61 bits per heavy atom. The van der Waals surface area contributed by atoms with Crippen LogP contribution in [0.5, 0.6) is 0 Å². The van der Waals surface area contributed by atoms with E-state index in [1.807, 2.05) is 6.08 Å². The van der Waals surface area contributed by atoms with Crippen LogP contribution in [0.1, 0.15) is 59.3 Å². The quantitative estimate of drug-likeness (QED) is 0.711. The molecule has 2 heteroatoms. The molecule has 4 rings (SSSR count). The summed E-state index contributed by atoms with van der Waals surface area (Å²) in [5, 5.41) is 0. The summed E-state index contributed by atoms with van der Waals surface area (Å²) < 4.78 is 0. The fourth-order valence-corrected chi connectivity index (χ4v) is 5.97. The van der Waals surface area contributed by atoms with Gasteiger partial charge in [0.05, 0.1) is 0 Å². The zero-order chi connectivity index (χ0) is 16.4. The molecule has 0 saturated heterocycles. The van der Waals surface area contributed by atoms with Gasteiger partial charge in [0.2, 0.25) is 0 Å². The molecule has 0 aromatic carbocycles. The molecule has 23 heavy (non-hydrogen) atoms. The molecule has 1 fully saturated rings. The first-order valence-corrected chi connectivity index (χ1v) is 9.03. The van der Waals surface area contributed by atoms with E-state index in [0.717, 1.165) is 32.1 Å². The van der Waals surface area contributed by atoms with Gasteiger partial charge in [0.25, 0.3) is 0 Å². The molecule has 122 valence electrons. The lowest BCUT2D eigenvalue weighted by Gasteiger charge is -2.50. The maximum absolute atomic E-state index is 12.1. The molecule has 4 aliphatic carbocycles. The second-order valence-corrected chi connectivity index (χ2v) is 8.46. The Kier molecular flexibility index (Phi) is 3.14. The minimum atomic E-state index is 0.0735. The number of allylic oxidation sites excluding steroid dienone is 6. The molecule has 0 amide bonds. The van der Waals surface area contributed by atoms with E-state index in [4.69, 9.17) is 0 Å². The van der Waals surface area contributed by atoms with Crippen LogP contribution in [0.25, 0.3) is 0 Å². The van der Waals surface area contributed by atoms with Crippen molar-refractivity contribution < 1.29 is 9.59 Å². The average molecular weight is 310 g/mol. The molecule has 0 radical (unpaired) electrons. The number of Topliss-reactive ketones (excluding diaryl/α,β-unsaturated/α-hetero) is 1. The van der Waals surface area contributed by atoms with E-state index in [1.165, 1.54) is 11.1 Å². The molecule has 0 heterocycles. The van der Waals surface area contributed by atoms with Gasteiger partial charge in [-0.1, -0.05) is 31.6 Å². The van der Waals surface area contributed by atoms with Gasteiger partial charge in [-0.05, 0) is 73.0 Å². The molecule has 2 nitrogen and oxygen atoms in total. The minimum Gasteiger partial charge on any atom is -0.300 e. The van der Waals surface area contributed by atoms with Crippen LogP contribution in [-0.4, -0.2) is 11.6 Å². The van der Waals surface area contributed by atoms with Gasteiger partial charge in [0.1, 0.15) is 5.78 Å². The van der Waals surface area contributed by atoms with Crippen molar-refractivity contribution in [3.8, 4) is 0 Å². The van der Waals surface area contributed by atoms with Crippen molar-refractivity contribution in [1.82, 2.24) is 0 Å². The molecule has 0 aliphatic heterocycles. The fourth-order valence-electron chi connectivity index (χ4n) is 5.97. The largest absolute Gasteiger partial charge is 0.300 e. The van der Waals surface area contributed by atoms with Crippen LogP contribution in [0.15, 0.2) is 34.9 Å². The molecular weight excluding hydrogens is 284 g/mol. The van der Waals surface area contributed by atoms with Crippen molar-refractivity contribution in [1.29, 1.82) is 0 Å². The van der Waals surface area contributed by atoms with E-state index in [9.17, 15) is 9.59 Å². The van der Waals surface area contributed by atoms with Gasteiger partial charge in [0, 0.05) is 12.3 Å². The summed E-state index contributed by atoms with van der Waals surface area (Å²) in [6.45, 7) is 6.43. The molecular formula is C21H26O2. The molecule has 0 unspecified atom stereocenters. The van der Waals surface area contributed by atoms with Crippen molar-refractivity contribution >= 4 is 11.6 Å². The van der Waals surface area contributed by atoms with Crippen LogP contribution in [-0.2, 0) is 9.59 Å². The maximum Gasteiger partial charge on any atom is 0.156 e. The van der Waals surface area contributed by atoms with Gasteiger partial charge in [-0.25, -0.2) is 0 Å². The number of carbonyl (C=O) groups is 2. The molecule has 0 aromatic rings. The highest BCUT2D eigenvalue weighted by Gasteiger charge is 2.53. The second-order valence-electron chi connectivity index (χ2n) is 8.46. The summed E-state index contributed by atoms with van der Waals surface area (Å²) in [5.41, 5.74) is 4.46. The third-order valence-corrected chi connectivity index (χ3v) is 7.39. The van der Waals surface area contributed by atoms with Crippen LogP contribution in [0.4, 0.5) is 0 Å². The highest BCUT2D eigenvalue weighted by atomic mass is 16.1. The van der Waals surface area contributed by atoms with E-state index >= 15 is 0 Å². The molecule has 0 bridgehead atoms. The van der Waals surface area contributed by atoms with Crippen LogP contribution < -0.4 is 0 Å². The Labute approximate surface area is 138 Å². The molecule has 1 saturated carbocycles. The number of hydrogen-bond acceptors (Lipinski definition) is 2. The Balaban J connectivity index is 1.84. The SMILES string of the molecule is CC(=O)[C@H]1CCC2=C3C=CC4=CC(=O)CC[C@]4(C)[C@H]3CC[C@@]21C. The van der Waals surface area contributed by atoms with Gasteiger partial charge in [-0.3, -0.25) is 9.59 Å². The number of rotatable bonds is 1. The smallest absolute Gasteiger partial charge is 0.156 e. The average Bonchev–Trinajstić information content (AvgIpc) is 2.85. The number of ketones is 2. The maximum atomic E-state index is 12.1. The lowest BCUT2D eigenvalue weighted by Crippen LogP contribution is -2.41. The van der Waals surface area contributed by atoms with Gasteiger partial charge >= 0.3 is 0 Å². The Bertz CT molecular complexity index is 693. The van der Waals surface area contributed by atoms with Crippen molar-refractivity contribution in [2.45, 2.75) is 59.3 Å². The van der Waals surface area contributed by atoms with Crippen molar-refractivity contribution in [2.24, 2.45) is 22.7 Å². The summed E-state index contributed by atoms with van der Waals surface area (Å²) in [5.74, 6) is 1.37. The normalized spacial score (nSPS) is 42.0. The standard InChI is InChI=1S/C21H26O2/c1-13(22)17-6-7-18-16-5-4-14-12-15(23)8-10-20(14,2)19(16)9-11-21(17,18)3/h4-5,12,17,19H,6-11H2,1-3H3/t17-,19+,20+,21-/m1/s1. The lowest BCUT2D eigenvalue weighted by atomic mass is 9.53. The summed E-state index contributed by atoms with van der Waals surface area (Å²) >= 11 is 0. The highest BCUT2D eigenvalue weighted by molar-refractivity contribution is 5.92. The molecule has 4 aliphatic rings. The van der Waals surface area contributed by atoms with Gasteiger partial charge in [-0.15, -0.1) is 0 Å². The van der Waals surface area contributed by atoms with Crippen LogP contribution in [0, 0.1) is 22.7 Å². The molecule has 0 N–H and O–H groups in total. The summed E-state index contributed by atoms with van der Waals surface area (Å²) in [6, 6.07) is 0. The van der Waals surface area contributed by atoms with Gasteiger partial charge < -0.3 is 0 Å². The van der Waals surface area contributed by atoms with Crippen LogP contribution in [0.3, 0.4) is 0 Å². The number of fused-ring (bicyclic) bond motifs is 4. The van der Waals surface area contributed by atoms with E-state index in [-0.39, 0.29) is 22.5 Å². The van der Waals surface area contributed by atoms with E-state index in [2.05, 4.69) is 26.0 Å².